The van der Waals surface area contributed by atoms with Crippen molar-refractivity contribution in [1.82, 2.24) is 0 Å². The standard InChI is InChI=1S/C18H37O8/c1-3-20-10-12-24-16-14-22-7-5-8-26-18(19)6-9-23-15-17-25-13-11-21-4-2/h18H,3-17H2,1-2H3. The highest BCUT2D eigenvalue weighted by Gasteiger charge is 2.05. The van der Waals surface area contributed by atoms with Gasteiger partial charge in [0.05, 0.1) is 66.1 Å². The first-order valence-electron chi connectivity index (χ1n) is 9.55. The summed E-state index contributed by atoms with van der Waals surface area (Å²) in [6, 6.07) is 0. The molecule has 1 atom stereocenters. The summed E-state index contributed by atoms with van der Waals surface area (Å²) < 4.78 is 36.8. The molecule has 0 saturated carbocycles. The van der Waals surface area contributed by atoms with Crippen LogP contribution in [0.3, 0.4) is 0 Å². The minimum absolute atomic E-state index is 0.327. The van der Waals surface area contributed by atoms with Gasteiger partial charge < -0.3 is 33.2 Å². The van der Waals surface area contributed by atoms with Gasteiger partial charge in [0.1, 0.15) is 0 Å². The Morgan fingerprint density at radius 3 is 1.46 bits per heavy atom. The van der Waals surface area contributed by atoms with E-state index in [1.54, 1.807) is 0 Å². The number of ether oxygens (including phenoxy) is 7. The van der Waals surface area contributed by atoms with Gasteiger partial charge in [-0.2, -0.15) is 0 Å². The summed E-state index contributed by atoms with van der Waals surface area (Å²) in [5.74, 6) is 0. The van der Waals surface area contributed by atoms with E-state index >= 15 is 0 Å². The minimum atomic E-state index is -1.06. The average molecular weight is 381 g/mol. The Bertz CT molecular complexity index is 255. The highest BCUT2D eigenvalue weighted by atomic mass is 16.6. The lowest BCUT2D eigenvalue weighted by Crippen LogP contribution is -2.17. The summed E-state index contributed by atoms with van der Waals surface area (Å²) in [5, 5.41) is 11.6. The highest BCUT2D eigenvalue weighted by molar-refractivity contribution is 4.43. The van der Waals surface area contributed by atoms with E-state index in [1.165, 1.54) is 0 Å². The normalized spacial score (nSPS) is 12.6. The van der Waals surface area contributed by atoms with Gasteiger partial charge >= 0.3 is 0 Å². The minimum Gasteiger partial charge on any atom is -0.379 e. The smallest absolute Gasteiger partial charge is 0.193 e. The summed E-state index contributed by atoms with van der Waals surface area (Å²) >= 11 is 0. The van der Waals surface area contributed by atoms with Gasteiger partial charge in [0.15, 0.2) is 6.29 Å². The molecule has 1 unspecified atom stereocenters. The van der Waals surface area contributed by atoms with Crippen LogP contribution in [0.15, 0.2) is 0 Å². The molecule has 0 heterocycles. The lowest BCUT2D eigenvalue weighted by atomic mass is 10.4. The third-order valence-corrected chi connectivity index (χ3v) is 3.13. The highest BCUT2D eigenvalue weighted by Crippen LogP contribution is 1.98. The van der Waals surface area contributed by atoms with Gasteiger partial charge in [-0.25, -0.2) is 5.11 Å². The molecular weight excluding hydrogens is 344 g/mol. The van der Waals surface area contributed by atoms with E-state index < -0.39 is 6.29 Å². The summed E-state index contributed by atoms with van der Waals surface area (Å²) in [7, 11) is 0. The fraction of sp³-hybridized carbons (Fsp3) is 1.00. The maximum Gasteiger partial charge on any atom is 0.193 e. The molecule has 0 spiro atoms. The molecule has 0 rings (SSSR count). The summed E-state index contributed by atoms with van der Waals surface area (Å²) in [5.41, 5.74) is 0. The molecule has 26 heavy (non-hydrogen) atoms. The van der Waals surface area contributed by atoms with Crippen LogP contribution in [0.1, 0.15) is 26.7 Å². The van der Waals surface area contributed by atoms with Gasteiger partial charge in [0.25, 0.3) is 0 Å². The first-order chi connectivity index (χ1) is 12.8. The second kappa shape index (κ2) is 22.7. The van der Waals surface area contributed by atoms with Crippen molar-refractivity contribution in [2.75, 3.05) is 85.9 Å². The molecule has 8 heteroatoms. The molecule has 8 nitrogen and oxygen atoms in total. The van der Waals surface area contributed by atoms with Crippen molar-refractivity contribution in [3.63, 3.8) is 0 Å². The van der Waals surface area contributed by atoms with Crippen LogP contribution in [-0.4, -0.2) is 92.2 Å². The first kappa shape index (κ1) is 25.7. The third-order valence-electron chi connectivity index (χ3n) is 3.13. The Kier molecular flexibility index (Phi) is 22.4. The van der Waals surface area contributed by atoms with Crippen molar-refractivity contribution in [3.05, 3.63) is 0 Å². The van der Waals surface area contributed by atoms with Crippen LogP contribution >= 0.6 is 0 Å². The van der Waals surface area contributed by atoms with Gasteiger partial charge in [0, 0.05) is 26.2 Å². The average Bonchev–Trinajstić information content (AvgIpc) is 2.64. The van der Waals surface area contributed by atoms with E-state index in [-0.39, 0.29) is 0 Å². The lowest BCUT2D eigenvalue weighted by Gasteiger charge is -2.11. The zero-order valence-corrected chi connectivity index (χ0v) is 16.4. The molecule has 157 valence electrons. The maximum absolute atomic E-state index is 11.6. The second-order valence-corrected chi connectivity index (χ2v) is 5.29. The molecule has 0 saturated heterocycles. The Morgan fingerprint density at radius 1 is 0.538 bits per heavy atom. The molecule has 0 aromatic heterocycles. The largest absolute Gasteiger partial charge is 0.379 e. The molecule has 0 fully saturated rings. The van der Waals surface area contributed by atoms with Gasteiger partial charge in [-0.15, -0.1) is 0 Å². The molecule has 0 aliphatic heterocycles. The van der Waals surface area contributed by atoms with Crippen molar-refractivity contribution in [1.29, 1.82) is 0 Å². The van der Waals surface area contributed by atoms with Crippen LogP contribution < -0.4 is 0 Å². The first-order valence-corrected chi connectivity index (χ1v) is 9.55. The van der Waals surface area contributed by atoms with Crippen LogP contribution in [0, 0.1) is 0 Å². The Hall–Kier alpha value is -0.320. The van der Waals surface area contributed by atoms with E-state index in [1.807, 2.05) is 13.8 Å². The number of hydrogen-bond acceptors (Lipinski definition) is 7. The van der Waals surface area contributed by atoms with Gasteiger partial charge in [0.2, 0.25) is 0 Å². The van der Waals surface area contributed by atoms with Crippen molar-refractivity contribution in [2.45, 2.75) is 33.0 Å². The zero-order valence-electron chi connectivity index (χ0n) is 16.4. The SMILES string of the molecule is CCOCCOCCOCCCOC([O])CCOCCOCCOCC. The zero-order chi connectivity index (χ0) is 19.1. The Balaban J connectivity index is 3.12. The van der Waals surface area contributed by atoms with Crippen LogP contribution in [-0.2, 0) is 38.3 Å². The van der Waals surface area contributed by atoms with Crippen LogP contribution in [0.2, 0.25) is 0 Å². The Morgan fingerprint density at radius 2 is 0.962 bits per heavy atom. The number of rotatable bonds is 22. The van der Waals surface area contributed by atoms with Gasteiger partial charge in [-0.3, -0.25) is 0 Å². The summed E-state index contributed by atoms with van der Waals surface area (Å²) in [6.45, 7) is 11.0. The Labute approximate surface area is 158 Å². The molecule has 1 radical (unpaired) electrons. The molecule has 0 aliphatic rings. The van der Waals surface area contributed by atoms with E-state index in [0.717, 1.165) is 0 Å². The molecular formula is C18H37O8. The van der Waals surface area contributed by atoms with Crippen LogP contribution in [0.4, 0.5) is 0 Å². The molecule has 0 aromatic carbocycles. The monoisotopic (exact) mass is 381 g/mol. The third kappa shape index (κ3) is 21.7. The van der Waals surface area contributed by atoms with E-state index in [4.69, 9.17) is 33.2 Å². The van der Waals surface area contributed by atoms with E-state index in [2.05, 4.69) is 0 Å². The fourth-order valence-corrected chi connectivity index (χ4v) is 1.81. The quantitative estimate of drug-likeness (QED) is 0.208. The maximum atomic E-state index is 11.6. The van der Waals surface area contributed by atoms with Crippen molar-refractivity contribution in [3.8, 4) is 0 Å². The summed E-state index contributed by atoms with van der Waals surface area (Å²) in [6.07, 6.45) is -0.0459. The molecule has 0 N–H and O–H groups in total. The number of hydrogen-bond donors (Lipinski definition) is 0. The molecule has 0 aromatic rings. The lowest BCUT2D eigenvalue weighted by molar-refractivity contribution is -0.153. The predicted molar refractivity (Wildman–Crippen MR) is 95.9 cm³/mol. The van der Waals surface area contributed by atoms with Crippen LogP contribution in [0.25, 0.3) is 0 Å². The van der Waals surface area contributed by atoms with E-state index in [0.29, 0.717) is 98.7 Å². The van der Waals surface area contributed by atoms with Crippen molar-refractivity contribution < 1.29 is 38.3 Å². The summed E-state index contributed by atoms with van der Waals surface area (Å²) in [4.78, 5) is 0. The van der Waals surface area contributed by atoms with Crippen molar-refractivity contribution in [2.24, 2.45) is 0 Å². The van der Waals surface area contributed by atoms with Gasteiger partial charge in [-0.05, 0) is 20.3 Å². The topological polar surface area (TPSA) is 84.5 Å². The van der Waals surface area contributed by atoms with Gasteiger partial charge in [-0.1, -0.05) is 0 Å². The van der Waals surface area contributed by atoms with Crippen molar-refractivity contribution >= 4 is 0 Å². The van der Waals surface area contributed by atoms with E-state index in [9.17, 15) is 5.11 Å². The fourth-order valence-electron chi connectivity index (χ4n) is 1.81. The second-order valence-electron chi connectivity index (χ2n) is 5.29. The molecule has 0 bridgehead atoms. The molecule has 0 aliphatic carbocycles. The molecule has 0 amide bonds. The predicted octanol–water partition coefficient (Wildman–Crippen LogP) is 1.68. The van der Waals surface area contributed by atoms with Crippen LogP contribution in [0.5, 0.6) is 0 Å².